The second-order valence-electron chi connectivity index (χ2n) is 5.72. The Hall–Kier alpha value is -2.03. The maximum atomic E-state index is 13.1. The molecule has 0 saturated heterocycles. The summed E-state index contributed by atoms with van der Waals surface area (Å²) >= 11 is 1.08. The average molecular weight is 387 g/mol. The molecule has 5 nitrogen and oxygen atoms in total. The Kier molecular flexibility index (Phi) is 7.07. The average Bonchev–Trinajstić information content (AvgIpc) is 3.12. The summed E-state index contributed by atoms with van der Waals surface area (Å²) in [5, 5.41) is 2.85. The molecule has 0 saturated carbocycles. The number of halogens is 3. The van der Waals surface area contributed by atoms with Gasteiger partial charge in [0, 0.05) is 18.2 Å². The van der Waals surface area contributed by atoms with E-state index in [0.717, 1.165) is 24.2 Å². The summed E-state index contributed by atoms with van der Waals surface area (Å²) in [5.41, 5.74) is -0.940. The smallest absolute Gasteiger partial charge is 0.433 e. The number of hydrogen-bond donors (Lipinski definition) is 1. The van der Waals surface area contributed by atoms with E-state index in [1.54, 1.807) is 6.07 Å². The zero-order valence-electron chi connectivity index (χ0n) is 14.5. The molecule has 0 bridgehead atoms. The standard InChI is InChI=1S/C17H20F3N3O2S/c1-3-11(2)21-15(24)7-5-9-26-16-22-12(13-6-4-8-25-13)10-14(23-16)17(18,19)20/h4,6,8,10-11H,3,5,7,9H2,1-2H3,(H,21,24)/t11-/m1/s1. The van der Waals surface area contributed by atoms with Crippen LogP contribution in [0.2, 0.25) is 0 Å². The van der Waals surface area contributed by atoms with Gasteiger partial charge in [-0.2, -0.15) is 13.2 Å². The summed E-state index contributed by atoms with van der Waals surface area (Å²) in [4.78, 5) is 19.4. The molecular weight excluding hydrogens is 367 g/mol. The normalized spacial score (nSPS) is 12.8. The topological polar surface area (TPSA) is 68.0 Å². The van der Waals surface area contributed by atoms with E-state index >= 15 is 0 Å². The molecule has 0 fully saturated rings. The lowest BCUT2D eigenvalue weighted by Crippen LogP contribution is -2.31. The number of furan rings is 1. The summed E-state index contributed by atoms with van der Waals surface area (Å²) in [7, 11) is 0. The van der Waals surface area contributed by atoms with Crippen LogP contribution in [0.25, 0.3) is 11.5 Å². The molecule has 1 N–H and O–H groups in total. The molecule has 2 aromatic rings. The number of alkyl halides is 3. The van der Waals surface area contributed by atoms with Gasteiger partial charge in [0.05, 0.1) is 6.26 Å². The molecule has 2 heterocycles. The molecule has 2 aromatic heterocycles. The zero-order chi connectivity index (χ0) is 19.2. The first-order valence-electron chi connectivity index (χ1n) is 8.22. The first kappa shape index (κ1) is 20.3. The Balaban J connectivity index is 2.00. The minimum atomic E-state index is -4.57. The van der Waals surface area contributed by atoms with E-state index in [1.165, 1.54) is 12.3 Å². The van der Waals surface area contributed by atoms with Gasteiger partial charge in [-0.25, -0.2) is 9.97 Å². The van der Waals surface area contributed by atoms with Gasteiger partial charge < -0.3 is 9.73 Å². The molecule has 0 radical (unpaired) electrons. The highest BCUT2D eigenvalue weighted by Crippen LogP contribution is 2.32. The Morgan fingerprint density at radius 3 is 2.77 bits per heavy atom. The maximum absolute atomic E-state index is 13.1. The van der Waals surface area contributed by atoms with Crippen LogP contribution in [0.1, 0.15) is 38.8 Å². The van der Waals surface area contributed by atoms with Crippen molar-refractivity contribution >= 4 is 17.7 Å². The molecule has 0 spiro atoms. The molecule has 26 heavy (non-hydrogen) atoms. The van der Waals surface area contributed by atoms with Crippen molar-refractivity contribution in [2.75, 3.05) is 5.75 Å². The molecular formula is C17H20F3N3O2S. The minimum absolute atomic E-state index is 0.00793. The van der Waals surface area contributed by atoms with Crippen molar-refractivity contribution in [3.05, 3.63) is 30.2 Å². The highest BCUT2D eigenvalue weighted by atomic mass is 32.2. The predicted molar refractivity (Wildman–Crippen MR) is 92.6 cm³/mol. The van der Waals surface area contributed by atoms with Gasteiger partial charge in [-0.15, -0.1) is 0 Å². The number of thioether (sulfide) groups is 1. The van der Waals surface area contributed by atoms with Gasteiger partial charge in [-0.1, -0.05) is 18.7 Å². The van der Waals surface area contributed by atoms with Crippen molar-refractivity contribution < 1.29 is 22.4 Å². The van der Waals surface area contributed by atoms with Crippen LogP contribution in [-0.4, -0.2) is 27.7 Å². The third kappa shape index (κ3) is 6.05. The first-order valence-corrected chi connectivity index (χ1v) is 9.20. The van der Waals surface area contributed by atoms with E-state index in [1.807, 2.05) is 13.8 Å². The quantitative estimate of drug-likeness (QED) is 0.409. The van der Waals surface area contributed by atoms with Crippen LogP contribution >= 0.6 is 11.8 Å². The maximum Gasteiger partial charge on any atom is 0.433 e. The summed E-state index contributed by atoms with van der Waals surface area (Å²) in [6, 6.07) is 4.09. The lowest BCUT2D eigenvalue weighted by atomic mass is 10.2. The minimum Gasteiger partial charge on any atom is -0.463 e. The Bertz CT molecular complexity index is 721. The van der Waals surface area contributed by atoms with Gasteiger partial charge in [-0.3, -0.25) is 4.79 Å². The van der Waals surface area contributed by atoms with E-state index in [0.29, 0.717) is 18.6 Å². The third-order valence-electron chi connectivity index (χ3n) is 3.57. The van der Waals surface area contributed by atoms with Gasteiger partial charge in [0.25, 0.3) is 0 Å². The van der Waals surface area contributed by atoms with Gasteiger partial charge in [0.15, 0.2) is 10.9 Å². The molecule has 0 aromatic carbocycles. The van der Waals surface area contributed by atoms with E-state index in [2.05, 4.69) is 15.3 Å². The zero-order valence-corrected chi connectivity index (χ0v) is 15.3. The Morgan fingerprint density at radius 2 is 2.15 bits per heavy atom. The lowest BCUT2D eigenvalue weighted by molar-refractivity contribution is -0.141. The highest BCUT2D eigenvalue weighted by molar-refractivity contribution is 7.99. The van der Waals surface area contributed by atoms with E-state index in [9.17, 15) is 18.0 Å². The molecule has 0 aliphatic carbocycles. The summed E-state index contributed by atoms with van der Waals surface area (Å²) < 4.78 is 44.3. The second-order valence-corrected chi connectivity index (χ2v) is 6.79. The van der Waals surface area contributed by atoms with Crippen LogP contribution in [0.15, 0.2) is 34.0 Å². The van der Waals surface area contributed by atoms with Crippen molar-refractivity contribution in [3.63, 3.8) is 0 Å². The predicted octanol–water partition coefficient (Wildman–Crippen LogP) is 4.54. The molecule has 1 atom stereocenters. The van der Waals surface area contributed by atoms with E-state index < -0.39 is 11.9 Å². The van der Waals surface area contributed by atoms with Crippen molar-refractivity contribution in [3.8, 4) is 11.5 Å². The van der Waals surface area contributed by atoms with Crippen LogP contribution in [0.3, 0.4) is 0 Å². The Morgan fingerprint density at radius 1 is 1.38 bits per heavy atom. The summed E-state index contributed by atoms with van der Waals surface area (Å²) in [6.45, 7) is 3.89. The number of nitrogens with one attached hydrogen (secondary N) is 1. The van der Waals surface area contributed by atoms with Crippen LogP contribution in [0.4, 0.5) is 13.2 Å². The monoisotopic (exact) mass is 387 g/mol. The van der Waals surface area contributed by atoms with Crippen molar-refractivity contribution in [1.82, 2.24) is 15.3 Å². The first-order chi connectivity index (χ1) is 12.3. The van der Waals surface area contributed by atoms with Crippen LogP contribution in [-0.2, 0) is 11.0 Å². The van der Waals surface area contributed by atoms with Crippen molar-refractivity contribution in [2.45, 2.75) is 50.5 Å². The lowest BCUT2D eigenvalue weighted by Gasteiger charge is -2.11. The second kappa shape index (κ2) is 9.07. The summed E-state index contributed by atoms with van der Waals surface area (Å²) in [5.74, 6) is 0.612. The number of amides is 1. The number of carbonyl (C=O) groups excluding carboxylic acids is 1. The van der Waals surface area contributed by atoms with Gasteiger partial charge in [0.2, 0.25) is 5.91 Å². The van der Waals surface area contributed by atoms with Gasteiger partial charge in [0.1, 0.15) is 11.4 Å². The molecule has 142 valence electrons. The SMILES string of the molecule is CC[C@@H](C)NC(=O)CCCSc1nc(-c2ccco2)cc(C(F)(F)F)n1. The summed E-state index contributed by atoms with van der Waals surface area (Å²) in [6.07, 6.45) is -1.54. The largest absolute Gasteiger partial charge is 0.463 e. The van der Waals surface area contributed by atoms with Crippen molar-refractivity contribution in [1.29, 1.82) is 0 Å². The molecule has 1 amide bonds. The highest BCUT2D eigenvalue weighted by Gasteiger charge is 2.34. The van der Waals surface area contributed by atoms with Crippen LogP contribution in [0, 0.1) is 0 Å². The molecule has 9 heteroatoms. The van der Waals surface area contributed by atoms with Crippen LogP contribution in [0.5, 0.6) is 0 Å². The van der Waals surface area contributed by atoms with Crippen LogP contribution < -0.4 is 5.32 Å². The number of carbonyl (C=O) groups is 1. The fourth-order valence-corrected chi connectivity index (χ4v) is 2.83. The number of nitrogens with zero attached hydrogens (tertiary/aromatic N) is 2. The molecule has 0 unspecified atom stereocenters. The number of rotatable bonds is 8. The fraction of sp³-hybridized carbons (Fsp3) is 0.471. The number of hydrogen-bond acceptors (Lipinski definition) is 5. The third-order valence-corrected chi connectivity index (χ3v) is 4.50. The molecule has 2 rings (SSSR count). The Labute approximate surface area is 153 Å². The van der Waals surface area contributed by atoms with E-state index in [4.69, 9.17) is 4.42 Å². The van der Waals surface area contributed by atoms with Crippen molar-refractivity contribution in [2.24, 2.45) is 0 Å². The van der Waals surface area contributed by atoms with Gasteiger partial charge in [-0.05, 0) is 38.0 Å². The van der Waals surface area contributed by atoms with Gasteiger partial charge >= 0.3 is 6.18 Å². The molecule has 0 aliphatic rings. The fourth-order valence-electron chi connectivity index (χ4n) is 2.03. The van der Waals surface area contributed by atoms with E-state index in [-0.39, 0.29) is 28.6 Å². The number of aromatic nitrogens is 2. The molecule has 0 aliphatic heterocycles.